The first-order valence-corrected chi connectivity index (χ1v) is 8.22. The van der Waals surface area contributed by atoms with Crippen LogP contribution in [0, 0.1) is 0 Å². The van der Waals surface area contributed by atoms with Crippen LogP contribution in [0.3, 0.4) is 0 Å². The van der Waals surface area contributed by atoms with Crippen LogP contribution in [0.2, 0.25) is 0 Å². The summed E-state index contributed by atoms with van der Waals surface area (Å²) in [6, 6.07) is 15.3. The summed E-state index contributed by atoms with van der Waals surface area (Å²) in [5, 5.41) is 6.59. The van der Waals surface area contributed by atoms with E-state index < -0.39 is 0 Å². The summed E-state index contributed by atoms with van der Waals surface area (Å²) in [7, 11) is 3.15. The lowest BCUT2D eigenvalue weighted by atomic mass is 10.1. The Balaban J connectivity index is 1.71. The highest BCUT2D eigenvalue weighted by Gasteiger charge is 2.15. The SMILES string of the molecule is COc1ccc(-c2cnoc2NC(=O)CCc2ccccc2)cc1OC. The van der Waals surface area contributed by atoms with Crippen molar-refractivity contribution in [1.29, 1.82) is 0 Å². The van der Waals surface area contributed by atoms with Crippen LogP contribution in [-0.4, -0.2) is 25.3 Å². The van der Waals surface area contributed by atoms with E-state index in [2.05, 4.69) is 10.5 Å². The highest BCUT2D eigenvalue weighted by Crippen LogP contribution is 2.35. The summed E-state index contributed by atoms with van der Waals surface area (Å²) >= 11 is 0. The second kappa shape index (κ2) is 8.20. The molecular formula is C20H20N2O4. The second-order valence-corrected chi connectivity index (χ2v) is 5.67. The van der Waals surface area contributed by atoms with Crippen molar-refractivity contribution in [2.45, 2.75) is 12.8 Å². The van der Waals surface area contributed by atoms with Gasteiger partial charge in [0.2, 0.25) is 11.8 Å². The summed E-state index contributed by atoms with van der Waals surface area (Å²) in [5.74, 6) is 1.40. The van der Waals surface area contributed by atoms with Gasteiger partial charge in [-0.15, -0.1) is 0 Å². The molecular weight excluding hydrogens is 332 g/mol. The first-order chi connectivity index (χ1) is 12.7. The van der Waals surface area contributed by atoms with Gasteiger partial charge in [-0.05, 0) is 29.7 Å². The quantitative estimate of drug-likeness (QED) is 0.697. The van der Waals surface area contributed by atoms with Crippen LogP contribution in [0.5, 0.6) is 11.5 Å². The van der Waals surface area contributed by atoms with Gasteiger partial charge in [-0.3, -0.25) is 10.1 Å². The lowest BCUT2D eigenvalue weighted by Gasteiger charge is -2.09. The van der Waals surface area contributed by atoms with Gasteiger partial charge in [-0.25, -0.2) is 0 Å². The molecule has 0 aliphatic carbocycles. The van der Waals surface area contributed by atoms with Gasteiger partial charge in [0.25, 0.3) is 0 Å². The fourth-order valence-corrected chi connectivity index (χ4v) is 2.63. The number of aromatic nitrogens is 1. The largest absolute Gasteiger partial charge is 0.493 e. The Morgan fingerprint density at radius 2 is 1.85 bits per heavy atom. The predicted molar refractivity (Wildman–Crippen MR) is 98.4 cm³/mol. The van der Waals surface area contributed by atoms with Crippen molar-refractivity contribution in [2.75, 3.05) is 19.5 Å². The van der Waals surface area contributed by atoms with Crippen molar-refractivity contribution >= 4 is 11.8 Å². The molecule has 134 valence electrons. The molecule has 6 heteroatoms. The molecule has 0 fully saturated rings. The summed E-state index contributed by atoms with van der Waals surface area (Å²) < 4.78 is 15.8. The van der Waals surface area contributed by atoms with Crippen molar-refractivity contribution in [1.82, 2.24) is 5.16 Å². The smallest absolute Gasteiger partial charge is 0.239 e. The first kappa shape index (κ1) is 17.5. The number of amides is 1. The molecule has 3 rings (SSSR count). The maximum absolute atomic E-state index is 12.2. The van der Waals surface area contributed by atoms with E-state index in [-0.39, 0.29) is 5.91 Å². The lowest BCUT2D eigenvalue weighted by Crippen LogP contribution is -2.12. The van der Waals surface area contributed by atoms with Crippen LogP contribution < -0.4 is 14.8 Å². The fraction of sp³-hybridized carbons (Fsp3) is 0.200. The average molecular weight is 352 g/mol. The molecule has 0 radical (unpaired) electrons. The van der Waals surface area contributed by atoms with Gasteiger partial charge in [-0.1, -0.05) is 41.6 Å². The Morgan fingerprint density at radius 3 is 2.58 bits per heavy atom. The van der Waals surface area contributed by atoms with E-state index in [0.717, 1.165) is 11.1 Å². The van der Waals surface area contributed by atoms with Crippen LogP contribution in [0.4, 0.5) is 5.88 Å². The average Bonchev–Trinajstić information content (AvgIpc) is 3.14. The number of nitrogens with zero attached hydrogens (tertiary/aromatic N) is 1. The van der Waals surface area contributed by atoms with Gasteiger partial charge < -0.3 is 14.0 Å². The molecule has 0 saturated heterocycles. The topological polar surface area (TPSA) is 73.6 Å². The molecule has 3 aromatic rings. The molecule has 0 bridgehead atoms. The van der Waals surface area contributed by atoms with Gasteiger partial charge in [-0.2, -0.15) is 0 Å². The lowest BCUT2D eigenvalue weighted by molar-refractivity contribution is -0.116. The van der Waals surface area contributed by atoms with Gasteiger partial charge in [0, 0.05) is 6.42 Å². The molecule has 0 atom stereocenters. The number of rotatable bonds is 7. The number of methoxy groups -OCH3 is 2. The van der Waals surface area contributed by atoms with Crippen LogP contribution in [0.1, 0.15) is 12.0 Å². The molecule has 1 amide bonds. The van der Waals surface area contributed by atoms with Gasteiger partial charge >= 0.3 is 0 Å². The summed E-state index contributed by atoms with van der Waals surface area (Å²) in [4.78, 5) is 12.2. The monoisotopic (exact) mass is 352 g/mol. The fourth-order valence-electron chi connectivity index (χ4n) is 2.63. The maximum Gasteiger partial charge on any atom is 0.239 e. The number of hydrogen-bond acceptors (Lipinski definition) is 5. The third kappa shape index (κ3) is 4.03. The van der Waals surface area contributed by atoms with E-state index in [1.807, 2.05) is 42.5 Å². The van der Waals surface area contributed by atoms with E-state index in [1.54, 1.807) is 26.5 Å². The number of hydrogen-bond donors (Lipinski definition) is 1. The number of anilines is 1. The minimum Gasteiger partial charge on any atom is -0.493 e. The molecule has 0 aliphatic rings. The highest BCUT2D eigenvalue weighted by atomic mass is 16.5. The molecule has 26 heavy (non-hydrogen) atoms. The first-order valence-electron chi connectivity index (χ1n) is 8.22. The summed E-state index contributed by atoms with van der Waals surface area (Å²) in [5.41, 5.74) is 2.60. The van der Waals surface area contributed by atoms with E-state index in [4.69, 9.17) is 14.0 Å². The van der Waals surface area contributed by atoms with Crippen molar-refractivity contribution < 1.29 is 18.8 Å². The van der Waals surface area contributed by atoms with Crippen LogP contribution in [-0.2, 0) is 11.2 Å². The number of benzene rings is 2. The molecule has 1 heterocycles. The number of aryl methyl sites for hydroxylation is 1. The molecule has 0 saturated carbocycles. The third-order valence-corrected chi connectivity index (χ3v) is 4.00. The van der Waals surface area contributed by atoms with Crippen molar-refractivity contribution in [3.8, 4) is 22.6 Å². The number of ether oxygens (including phenoxy) is 2. The zero-order chi connectivity index (χ0) is 18.4. The molecule has 0 aliphatic heterocycles. The summed E-state index contributed by atoms with van der Waals surface area (Å²) in [6.45, 7) is 0. The van der Waals surface area contributed by atoms with Gasteiger partial charge in [0.05, 0.1) is 26.0 Å². The Bertz CT molecular complexity index is 875. The molecule has 0 spiro atoms. The minimum atomic E-state index is -0.132. The summed E-state index contributed by atoms with van der Waals surface area (Å²) in [6.07, 6.45) is 2.58. The van der Waals surface area contributed by atoms with Crippen molar-refractivity contribution in [2.24, 2.45) is 0 Å². The Hall–Kier alpha value is -3.28. The number of carbonyl (C=O) groups excluding carboxylic acids is 1. The standard InChI is InChI=1S/C20H20N2O4/c1-24-17-10-9-15(12-18(17)25-2)16-13-21-26-20(16)22-19(23)11-8-14-6-4-3-5-7-14/h3-7,9-10,12-13H,8,11H2,1-2H3,(H,22,23). The van der Waals surface area contributed by atoms with E-state index in [0.29, 0.717) is 35.8 Å². The highest BCUT2D eigenvalue weighted by molar-refractivity contribution is 5.93. The third-order valence-electron chi connectivity index (χ3n) is 4.00. The maximum atomic E-state index is 12.2. The van der Waals surface area contributed by atoms with Gasteiger partial charge in [0.15, 0.2) is 11.5 Å². The Kier molecular flexibility index (Phi) is 5.53. The van der Waals surface area contributed by atoms with Crippen LogP contribution in [0.15, 0.2) is 59.3 Å². The zero-order valence-corrected chi connectivity index (χ0v) is 14.7. The molecule has 1 aromatic heterocycles. The van der Waals surface area contributed by atoms with Crippen LogP contribution >= 0.6 is 0 Å². The van der Waals surface area contributed by atoms with Crippen molar-refractivity contribution in [3.05, 3.63) is 60.3 Å². The second-order valence-electron chi connectivity index (χ2n) is 5.67. The number of carbonyl (C=O) groups is 1. The van der Waals surface area contributed by atoms with Gasteiger partial charge in [0.1, 0.15) is 0 Å². The predicted octanol–water partition coefficient (Wildman–Crippen LogP) is 3.93. The number of nitrogens with one attached hydrogen (secondary N) is 1. The molecule has 1 N–H and O–H groups in total. The van der Waals surface area contributed by atoms with Crippen molar-refractivity contribution in [3.63, 3.8) is 0 Å². The zero-order valence-electron chi connectivity index (χ0n) is 14.7. The minimum absolute atomic E-state index is 0.132. The molecule has 6 nitrogen and oxygen atoms in total. The molecule has 0 unspecified atom stereocenters. The molecule has 2 aromatic carbocycles. The van der Waals surface area contributed by atoms with E-state index >= 15 is 0 Å². The normalized spacial score (nSPS) is 10.4. The Morgan fingerprint density at radius 1 is 1.08 bits per heavy atom. The van der Waals surface area contributed by atoms with E-state index in [1.165, 1.54) is 0 Å². The van der Waals surface area contributed by atoms with Crippen LogP contribution in [0.25, 0.3) is 11.1 Å². The van der Waals surface area contributed by atoms with E-state index in [9.17, 15) is 4.79 Å². The Labute approximate surface area is 151 Å².